The normalized spacial score (nSPS) is 22.3. The van der Waals surface area contributed by atoms with Crippen LogP contribution in [0, 0.1) is 5.92 Å². The Morgan fingerprint density at radius 3 is 2.05 bits per heavy atom. The van der Waals surface area contributed by atoms with E-state index in [1.807, 2.05) is 0 Å². The summed E-state index contributed by atoms with van der Waals surface area (Å²) in [5, 5.41) is 0. The largest absolute Gasteiger partial charge is 0.357 e. The Kier molecular flexibility index (Phi) is 4.10. The molecule has 1 aromatic heterocycles. The summed E-state index contributed by atoms with van der Waals surface area (Å²) in [4.78, 5) is 12.1. The van der Waals surface area contributed by atoms with E-state index in [2.05, 4.69) is 46.9 Å². The summed E-state index contributed by atoms with van der Waals surface area (Å²) in [5.41, 5.74) is 0. The molecule has 0 N–H and O–H groups in total. The SMILES string of the molecule is CC1CCN(c2cccc(N3CCN(C)CC3)n2)CC1. The summed E-state index contributed by atoms with van der Waals surface area (Å²) < 4.78 is 0. The molecule has 0 spiro atoms. The number of pyridine rings is 1. The number of nitrogens with zero attached hydrogens (tertiary/aromatic N) is 4. The van der Waals surface area contributed by atoms with Crippen LogP contribution < -0.4 is 9.80 Å². The second-order valence-electron chi connectivity index (χ2n) is 6.31. The number of piperazine rings is 1. The third kappa shape index (κ3) is 3.06. The molecule has 3 heterocycles. The lowest BCUT2D eigenvalue weighted by atomic mass is 9.99. The van der Waals surface area contributed by atoms with Crippen LogP contribution in [0.5, 0.6) is 0 Å². The molecular formula is C16H26N4. The molecular weight excluding hydrogens is 248 g/mol. The molecule has 0 unspecified atom stereocenters. The van der Waals surface area contributed by atoms with E-state index < -0.39 is 0 Å². The van der Waals surface area contributed by atoms with Crippen molar-refractivity contribution in [2.75, 3.05) is 56.1 Å². The standard InChI is InChI=1S/C16H26N4/c1-14-6-8-19(9-7-14)15-4-3-5-16(17-15)20-12-10-18(2)11-13-20/h3-5,14H,6-13H2,1-2H3. The summed E-state index contributed by atoms with van der Waals surface area (Å²) in [6.45, 7) is 9.10. The number of rotatable bonds is 2. The molecule has 0 atom stereocenters. The van der Waals surface area contributed by atoms with Crippen molar-refractivity contribution in [2.24, 2.45) is 5.92 Å². The third-order valence-electron chi connectivity index (χ3n) is 4.65. The van der Waals surface area contributed by atoms with Crippen molar-refractivity contribution < 1.29 is 0 Å². The van der Waals surface area contributed by atoms with Gasteiger partial charge in [0.05, 0.1) is 0 Å². The highest BCUT2D eigenvalue weighted by atomic mass is 15.3. The van der Waals surface area contributed by atoms with Crippen molar-refractivity contribution in [1.29, 1.82) is 0 Å². The summed E-state index contributed by atoms with van der Waals surface area (Å²) in [5.74, 6) is 3.18. The maximum Gasteiger partial charge on any atom is 0.131 e. The lowest BCUT2D eigenvalue weighted by molar-refractivity contribution is 0.312. The van der Waals surface area contributed by atoms with Gasteiger partial charge in [0.15, 0.2) is 0 Å². The first-order valence-electron chi connectivity index (χ1n) is 7.88. The van der Waals surface area contributed by atoms with Crippen LogP contribution in [0.15, 0.2) is 18.2 Å². The summed E-state index contributed by atoms with van der Waals surface area (Å²) in [7, 11) is 2.19. The predicted molar refractivity (Wildman–Crippen MR) is 84.6 cm³/mol. The van der Waals surface area contributed by atoms with E-state index in [1.165, 1.54) is 12.8 Å². The van der Waals surface area contributed by atoms with Crippen LogP contribution in [0.2, 0.25) is 0 Å². The van der Waals surface area contributed by atoms with Crippen molar-refractivity contribution in [3.05, 3.63) is 18.2 Å². The van der Waals surface area contributed by atoms with Gasteiger partial charge in [0.25, 0.3) is 0 Å². The number of hydrogen-bond acceptors (Lipinski definition) is 4. The van der Waals surface area contributed by atoms with Crippen LogP contribution in [-0.2, 0) is 0 Å². The summed E-state index contributed by atoms with van der Waals surface area (Å²) in [6.07, 6.45) is 2.58. The predicted octanol–water partition coefficient (Wildman–Crippen LogP) is 2.07. The zero-order valence-corrected chi connectivity index (χ0v) is 12.8. The van der Waals surface area contributed by atoms with Gasteiger partial charge in [0, 0.05) is 39.3 Å². The minimum atomic E-state index is 0.868. The molecule has 0 aliphatic carbocycles. The molecule has 0 radical (unpaired) electrons. The molecule has 2 aliphatic rings. The number of piperidine rings is 1. The Morgan fingerprint density at radius 1 is 0.900 bits per heavy atom. The van der Waals surface area contributed by atoms with Crippen molar-refractivity contribution >= 4 is 11.6 Å². The fourth-order valence-corrected chi connectivity index (χ4v) is 3.04. The second kappa shape index (κ2) is 6.00. The number of anilines is 2. The van der Waals surface area contributed by atoms with Gasteiger partial charge < -0.3 is 14.7 Å². The van der Waals surface area contributed by atoms with Crippen molar-refractivity contribution in [3.8, 4) is 0 Å². The quantitative estimate of drug-likeness (QED) is 0.823. The van der Waals surface area contributed by atoms with E-state index in [4.69, 9.17) is 4.98 Å². The average Bonchev–Trinajstić information content (AvgIpc) is 2.49. The van der Waals surface area contributed by atoms with Gasteiger partial charge in [-0.1, -0.05) is 13.0 Å². The Hall–Kier alpha value is -1.29. The minimum absolute atomic E-state index is 0.868. The summed E-state index contributed by atoms with van der Waals surface area (Å²) >= 11 is 0. The van der Waals surface area contributed by atoms with Crippen molar-refractivity contribution in [3.63, 3.8) is 0 Å². The first kappa shape index (κ1) is 13.7. The molecule has 20 heavy (non-hydrogen) atoms. The fraction of sp³-hybridized carbons (Fsp3) is 0.688. The Morgan fingerprint density at radius 2 is 1.45 bits per heavy atom. The molecule has 0 saturated carbocycles. The molecule has 4 nitrogen and oxygen atoms in total. The van der Waals surface area contributed by atoms with E-state index in [-0.39, 0.29) is 0 Å². The number of likely N-dealkylation sites (N-methyl/N-ethyl adjacent to an activating group) is 1. The van der Waals surface area contributed by atoms with Gasteiger partial charge in [0.1, 0.15) is 11.6 Å². The van der Waals surface area contributed by atoms with E-state index in [1.54, 1.807) is 0 Å². The Bertz CT molecular complexity index is 395. The molecule has 3 rings (SSSR count). The van der Waals surface area contributed by atoms with Gasteiger partial charge in [-0.05, 0) is 37.9 Å². The van der Waals surface area contributed by atoms with Crippen LogP contribution in [0.4, 0.5) is 11.6 Å². The smallest absolute Gasteiger partial charge is 0.131 e. The van der Waals surface area contributed by atoms with E-state index in [0.717, 1.165) is 56.8 Å². The molecule has 0 bridgehead atoms. The summed E-state index contributed by atoms with van der Waals surface area (Å²) in [6, 6.07) is 6.48. The van der Waals surface area contributed by atoms with Crippen LogP contribution in [0.25, 0.3) is 0 Å². The Balaban J connectivity index is 1.69. The van der Waals surface area contributed by atoms with Crippen LogP contribution in [0.1, 0.15) is 19.8 Å². The van der Waals surface area contributed by atoms with Gasteiger partial charge in [-0.25, -0.2) is 4.98 Å². The molecule has 2 saturated heterocycles. The zero-order valence-electron chi connectivity index (χ0n) is 12.8. The van der Waals surface area contributed by atoms with E-state index in [0.29, 0.717) is 0 Å². The average molecular weight is 274 g/mol. The van der Waals surface area contributed by atoms with E-state index in [9.17, 15) is 0 Å². The Labute approximate surface area is 122 Å². The molecule has 1 aromatic rings. The maximum atomic E-state index is 4.90. The van der Waals surface area contributed by atoms with Gasteiger partial charge in [-0.2, -0.15) is 0 Å². The highest BCUT2D eigenvalue weighted by Crippen LogP contribution is 2.23. The fourth-order valence-electron chi connectivity index (χ4n) is 3.04. The van der Waals surface area contributed by atoms with Gasteiger partial charge >= 0.3 is 0 Å². The monoisotopic (exact) mass is 274 g/mol. The highest BCUT2D eigenvalue weighted by Gasteiger charge is 2.19. The van der Waals surface area contributed by atoms with Gasteiger partial charge in [0.2, 0.25) is 0 Å². The molecule has 110 valence electrons. The van der Waals surface area contributed by atoms with Gasteiger partial charge in [-0.3, -0.25) is 0 Å². The number of hydrogen-bond donors (Lipinski definition) is 0. The minimum Gasteiger partial charge on any atom is -0.357 e. The topological polar surface area (TPSA) is 22.6 Å². The second-order valence-corrected chi connectivity index (χ2v) is 6.31. The van der Waals surface area contributed by atoms with Crippen LogP contribution in [-0.4, -0.2) is 56.2 Å². The molecule has 4 heteroatoms. The molecule has 2 aliphatic heterocycles. The third-order valence-corrected chi connectivity index (χ3v) is 4.65. The maximum absolute atomic E-state index is 4.90. The van der Waals surface area contributed by atoms with Crippen molar-refractivity contribution in [2.45, 2.75) is 19.8 Å². The molecule has 0 aromatic carbocycles. The van der Waals surface area contributed by atoms with Crippen LogP contribution >= 0.6 is 0 Å². The molecule has 2 fully saturated rings. The zero-order chi connectivity index (χ0) is 13.9. The lowest BCUT2D eigenvalue weighted by Gasteiger charge is -2.35. The van der Waals surface area contributed by atoms with Crippen LogP contribution in [0.3, 0.4) is 0 Å². The highest BCUT2D eigenvalue weighted by molar-refractivity contribution is 5.49. The first-order valence-corrected chi connectivity index (χ1v) is 7.88. The van der Waals surface area contributed by atoms with Crippen molar-refractivity contribution in [1.82, 2.24) is 9.88 Å². The number of aromatic nitrogens is 1. The van der Waals surface area contributed by atoms with E-state index >= 15 is 0 Å². The molecule has 0 amide bonds. The van der Waals surface area contributed by atoms with Gasteiger partial charge in [-0.15, -0.1) is 0 Å². The lowest BCUT2D eigenvalue weighted by Crippen LogP contribution is -2.45. The first-order chi connectivity index (χ1) is 9.72.